The van der Waals surface area contributed by atoms with E-state index in [4.69, 9.17) is 10.5 Å². The lowest BCUT2D eigenvalue weighted by atomic mass is 10.3. The van der Waals surface area contributed by atoms with Crippen LogP contribution in [0.4, 0.5) is 5.69 Å². The van der Waals surface area contributed by atoms with Crippen LogP contribution in [0, 0.1) is 0 Å². The van der Waals surface area contributed by atoms with E-state index < -0.39 is 0 Å². The molecule has 0 aliphatic carbocycles. The van der Waals surface area contributed by atoms with E-state index in [1.54, 1.807) is 23.1 Å². The first-order chi connectivity index (χ1) is 10.1. The number of nitrogens with two attached hydrogens (primary N) is 1. The number of nitrogens with one attached hydrogen (secondary N) is 1. The minimum atomic E-state index is -0.0690. The van der Waals surface area contributed by atoms with Gasteiger partial charge in [-0.15, -0.1) is 0 Å². The van der Waals surface area contributed by atoms with Crippen molar-refractivity contribution in [3.05, 3.63) is 36.4 Å². The first-order valence-corrected chi connectivity index (χ1v) is 6.73. The Bertz CT molecular complexity index is 597. The van der Waals surface area contributed by atoms with Crippen molar-refractivity contribution < 1.29 is 9.53 Å². The van der Waals surface area contributed by atoms with Gasteiger partial charge < -0.3 is 15.8 Å². The van der Waals surface area contributed by atoms with Gasteiger partial charge >= 0.3 is 0 Å². The van der Waals surface area contributed by atoms with Gasteiger partial charge in [-0.2, -0.15) is 5.10 Å². The maximum Gasteiger partial charge on any atom is 0.223 e. The normalized spacial score (nSPS) is 10.3. The molecule has 7 heteroatoms. The van der Waals surface area contributed by atoms with E-state index in [0.29, 0.717) is 36.8 Å². The standard InChI is InChI=1S/C14H19N5O2/c1-19-10-17-13(18-19)6-8-16-14(20)7-9-21-12-5-3-2-4-11(12)15/h2-5,10H,6-9,15H2,1H3,(H,16,20). The summed E-state index contributed by atoms with van der Waals surface area (Å²) in [7, 11) is 1.81. The molecule has 1 amide bonds. The molecule has 0 radical (unpaired) electrons. The highest BCUT2D eigenvalue weighted by atomic mass is 16.5. The summed E-state index contributed by atoms with van der Waals surface area (Å²) in [5.41, 5.74) is 6.31. The molecule has 112 valence electrons. The zero-order valence-corrected chi connectivity index (χ0v) is 12.0. The zero-order valence-electron chi connectivity index (χ0n) is 12.0. The number of amides is 1. The zero-order chi connectivity index (χ0) is 15.1. The van der Waals surface area contributed by atoms with Crippen LogP contribution in [0.3, 0.4) is 0 Å². The lowest BCUT2D eigenvalue weighted by Gasteiger charge is -2.08. The Hall–Kier alpha value is -2.57. The maximum absolute atomic E-state index is 11.6. The number of aromatic nitrogens is 3. The third-order valence-electron chi connectivity index (χ3n) is 2.82. The van der Waals surface area contributed by atoms with Gasteiger partial charge in [-0.1, -0.05) is 12.1 Å². The van der Waals surface area contributed by atoms with Gasteiger partial charge in [0.15, 0.2) is 5.82 Å². The number of carbonyl (C=O) groups excluding carboxylic acids is 1. The molecule has 0 bridgehead atoms. The number of hydrogen-bond acceptors (Lipinski definition) is 5. The van der Waals surface area contributed by atoms with Crippen LogP contribution in [-0.4, -0.2) is 33.8 Å². The second kappa shape index (κ2) is 7.28. The number of carbonyl (C=O) groups is 1. The fourth-order valence-electron chi connectivity index (χ4n) is 1.77. The first-order valence-electron chi connectivity index (χ1n) is 6.73. The monoisotopic (exact) mass is 289 g/mol. The molecule has 0 unspecified atom stereocenters. The summed E-state index contributed by atoms with van der Waals surface area (Å²) >= 11 is 0. The van der Waals surface area contributed by atoms with Crippen molar-refractivity contribution in [1.29, 1.82) is 0 Å². The number of aryl methyl sites for hydroxylation is 1. The summed E-state index contributed by atoms with van der Waals surface area (Å²) in [6, 6.07) is 7.21. The molecule has 0 aliphatic rings. The van der Waals surface area contributed by atoms with Crippen molar-refractivity contribution in [2.45, 2.75) is 12.8 Å². The molecule has 0 spiro atoms. The molecule has 1 aromatic carbocycles. The molecule has 3 N–H and O–H groups in total. The number of ether oxygens (including phenoxy) is 1. The van der Waals surface area contributed by atoms with Gasteiger partial charge in [-0.3, -0.25) is 9.48 Å². The average molecular weight is 289 g/mol. The topological polar surface area (TPSA) is 95.1 Å². The smallest absolute Gasteiger partial charge is 0.223 e. The van der Waals surface area contributed by atoms with Crippen LogP contribution in [0.1, 0.15) is 12.2 Å². The van der Waals surface area contributed by atoms with Crippen LogP contribution in [-0.2, 0) is 18.3 Å². The number of nitrogen functional groups attached to an aromatic ring is 1. The van der Waals surface area contributed by atoms with E-state index in [2.05, 4.69) is 15.4 Å². The molecule has 2 rings (SSSR count). The van der Waals surface area contributed by atoms with Crippen LogP contribution in [0.25, 0.3) is 0 Å². The van der Waals surface area contributed by atoms with Crippen molar-refractivity contribution in [2.24, 2.45) is 7.05 Å². The van der Waals surface area contributed by atoms with Gasteiger partial charge in [0.1, 0.15) is 12.1 Å². The lowest BCUT2D eigenvalue weighted by Crippen LogP contribution is -2.27. The van der Waals surface area contributed by atoms with Crippen LogP contribution < -0.4 is 15.8 Å². The highest BCUT2D eigenvalue weighted by Gasteiger charge is 2.04. The molecule has 2 aromatic rings. The van der Waals surface area contributed by atoms with Crippen molar-refractivity contribution in [1.82, 2.24) is 20.1 Å². The number of benzene rings is 1. The summed E-state index contributed by atoms with van der Waals surface area (Å²) in [6.07, 6.45) is 2.53. The fourth-order valence-corrected chi connectivity index (χ4v) is 1.77. The van der Waals surface area contributed by atoms with Crippen LogP contribution in [0.2, 0.25) is 0 Å². The third kappa shape index (κ3) is 4.79. The molecule has 1 heterocycles. The van der Waals surface area contributed by atoms with Gasteiger partial charge in [-0.25, -0.2) is 4.98 Å². The highest BCUT2D eigenvalue weighted by molar-refractivity contribution is 5.76. The van der Waals surface area contributed by atoms with E-state index in [0.717, 1.165) is 0 Å². The second-order valence-electron chi connectivity index (χ2n) is 4.57. The number of nitrogens with zero attached hydrogens (tertiary/aromatic N) is 3. The van der Waals surface area contributed by atoms with Crippen LogP contribution >= 0.6 is 0 Å². The quantitative estimate of drug-likeness (QED) is 0.725. The molecular formula is C14H19N5O2. The van der Waals surface area contributed by atoms with Gasteiger partial charge in [0.2, 0.25) is 5.91 Å². The molecule has 0 saturated carbocycles. The predicted molar refractivity (Wildman–Crippen MR) is 78.7 cm³/mol. The summed E-state index contributed by atoms with van der Waals surface area (Å²) in [4.78, 5) is 15.7. The van der Waals surface area contributed by atoms with Gasteiger partial charge in [0.05, 0.1) is 18.7 Å². The second-order valence-corrected chi connectivity index (χ2v) is 4.57. The molecule has 1 aromatic heterocycles. The molecule has 0 fully saturated rings. The van der Waals surface area contributed by atoms with Gasteiger partial charge in [-0.05, 0) is 12.1 Å². The summed E-state index contributed by atoms with van der Waals surface area (Å²) in [5.74, 6) is 1.24. The maximum atomic E-state index is 11.6. The Kier molecular flexibility index (Phi) is 5.14. The molecule has 0 aliphatic heterocycles. The summed E-state index contributed by atoms with van der Waals surface area (Å²) in [5, 5.41) is 6.94. The Labute approximate surface area is 123 Å². The molecule has 7 nitrogen and oxygen atoms in total. The van der Waals surface area contributed by atoms with Crippen molar-refractivity contribution in [3.8, 4) is 5.75 Å². The van der Waals surface area contributed by atoms with Crippen molar-refractivity contribution in [2.75, 3.05) is 18.9 Å². The van der Waals surface area contributed by atoms with Gasteiger partial charge in [0, 0.05) is 20.0 Å². The van der Waals surface area contributed by atoms with E-state index in [9.17, 15) is 4.79 Å². The molecular weight excluding hydrogens is 270 g/mol. The molecule has 0 atom stereocenters. The van der Waals surface area contributed by atoms with E-state index in [-0.39, 0.29) is 12.3 Å². The first kappa shape index (κ1) is 14.8. The predicted octanol–water partition coefficient (Wildman–Crippen LogP) is 0.525. The number of rotatable bonds is 7. The number of hydrogen-bond donors (Lipinski definition) is 2. The molecule has 21 heavy (non-hydrogen) atoms. The van der Waals surface area contributed by atoms with E-state index >= 15 is 0 Å². The Morgan fingerprint density at radius 3 is 2.95 bits per heavy atom. The summed E-state index contributed by atoms with van der Waals surface area (Å²) < 4.78 is 7.10. The van der Waals surface area contributed by atoms with E-state index in [1.165, 1.54) is 0 Å². The number of anilines is 1. The largest absolute Gasteiger partial charge is 0.491 e. The average Bonchev–Trinajstić information content (AvgIpc) is 2.87. The molecule has 0 saturated heterocycles. The lowest BCUT2D eigenvalue weighted by molar-refractivity contribution is -0.121. The van der Waals surface area contributed by atoms with Crippen molar-refractivity contribution >= 4 is 11.6 Å². The Morgan fingerprint density at radius 1 is 1.43 bits per heavy atom. The summed E-state index contributed by atoms with van der Waals surface area (Å²) in [6.45, 7) is 0.804. The van der Waals surface area contributed by atoms with E-state index in [1.807, 2.05) is 19.2 Å². The number of para-hydroxylation sites is 2. The van der Waals surface area contributed by atoms with Crippen LogP contribution in [0.15, 0.2) is 30.6 Å². The Morgan fingerprint density at radius 2 is 2.24 bits per heavy atom. The fraction of sp³-hybridized carbons (Fsp3) is 0.357. The third-order valence-corrected chi connectivity index (χ3v) is 2.82. The SMILES string of the molecule is Cn1cnc(CCNC(=O)CCOc2ccccc2N)n1. The minimum Gasteiger partial charge on any atom is -0.491 e. The van der Waals surface area contributed by atoms with Gasteiger partial charge in [0.25, 0.3) is 0 Å². The van der Waals surface area contributed by atoms with Crippen LogP contribution in [0.5, 0.6) is 5.75 Å². The minimum absolute atomic E-state index is 0.0690. The Balaban J connectivity index is 1.63. The highest BCUT2D eigenvalue weighted by Crippen LogP contribution is 2.19. The van der Waals surface area contributed by atoms with Crippen molar-refractivity contribution in [3.63, 3.8) is 0 Å².